The van der Waals surface area contributed by atoms with Crippen LogP contribution < -0.4 is 5.73 Å². The number of hydrogen-bond acceptors (Lipinski definition) is 3. The monoisotopic (exact) mass is 222 g/mol. The zero-order valence-electron chi connectivity index (χ0n) is 9.73. The average Bonchev–Trinajstić information content (AvgIpc) is 2.64. The van der Waals surface area contributed by atoms with Crippen LogP contribution in [-0.2, 0) is 0 Å². The zero-order chi connectivity index (χ0) is 11.7. The first-order chi connectivity index (χ1) is 7.58. The molecule has 0 aromatic carbocycles. The van der Waals surface area contributed by atoms with Crippen LogP contribution in [0.5, 0.6) is 0 Å². The van der Waals surface area contributed by atoms with Gasteiger partial charge in [0.25, 0.3) is 5.91 Å². The van der Waals surface area contributed by atoms with Gasteiger partial charge in [-0.1, -0.05) is 0 Å². The molecule has 1 aliphatic rings. The lowest BCUT2D eigenvalue weighted by atomic mass is 10.2. The number of nitrogen functional groups attached to an aromatic ring is 1. The Kier molecular flexibility index (Phi) is 2.87. The first-order valence-corrected chi connectivity index (χ1v) is 5.51. The lowest BCUT2D eigenvalue weighted by Crippen LogP contribution is -2.52. The second-order valence-corrected chi connectivity index (χ2v) is 4.46. The molecule has 5 heteroatoms. The number of aromatic amines is 1. The zero-order valence-corrected chi connectivity index (χ0v) is 9.73. The lowest BCUT2D eigenvalue weighted by Gasteiger charge is -2.37. The normalized spacial score (nSPS) is 22.4. The molecule has 1 saturated heterocycles. The third kappa shape index (κ3) is 2.04. The van der Waals surface area contributed by atoms with Gasteiger partial charge in [-0.25, -0.2) is 0 Å². The molecule has 0 radical (unpaired) electrons. The maximum Gasteiger partial charge on any atom is 0.270 e. The summed E-state index contributed by atoms with van der Waals surface area (Å²) in [5.74, 6) is 0.0392. The van der Waals surface area contributed by atoms with E-state index in [-0.39, 0.29) is 11.9 Å². The van der Waals surface area contributed by atoms with E-state index in [4.69, 9.17) is 5.73 Å². The molecule has 16 heavy (non-hydrogen) atoms. The van der Waals surface area contributed by atoms with E-state index in [1.807, 2.05) is 4.90 Å². The molecule has 1 aliphatic heterocycles. The second kappa shape index (κ2) is 4.17. The molecule has 0 saturated carbocycles. The van der Waals surface area contributed by atoms with Gasteiger partial charge in [-0.15, -0.1) is 0 Å². The second-order valence-electron chi connectivity index (χ2n) is 4.46. The molecule has 1 aromatic rings. The van der Waals surface area contributed by atoms with Crippen LogP contribution >= 0.6 is 0 Å². The van der Waals surface area contributed by atoms with E-state index >= 15 is 0 Å². The highest BCUT2D eigenvalue weighted by molar-refractivity contribution is 5.93. The lowest BCUT2D eigenvalue weighted by molar-refractivity contribution is 0.0528. The molecule has 1 amide bonds. The summed E-state index contributed by atoms with van der Waals surface area (Å²) in [6.07, 6.45) is 1.65. The van der Waals surface area contributed by atoms with E-state index in [0.717, 1.165) is 19.6 Å². The molecule has 2 heterocycles. The molecule has 0 bridgehead atoms. The predicted molar refractivity (Wildman–Crippen MR) is 63.2 cm³/mol. The van der Waals surface area contributed by atoms with Crippen molar-refractivity contribution in [2.75, 3.05) is 32.4 Å². The van der Waals surface area contributed by atoms with Crippen LogP contribution in [-0.4, -0.2) is 53.4 Å². The van der Waals surface area contributed by atoms with Gasteiger partial charge in [0, 0.05) is 37.6 Å². The topological polar surface area (TPSA) is 65.4 Å². The van der Waals surface area contributed by atoms with Crippen LogP contribution in [0.2, 0.25) is 0 Å². The van der Waals surface area contributed by atoms with Crippen molar-refractivity contribution in [3.8, 4) is 0 Å². The fourth-order valence-corrected chi connectivity index (χ4v) is 2.13. The number of carbonyl (C=O) groups excluding carboxylic acids is 1. The number of nitrogens with zero attached hydrogens (tertiary/aromatic N) is 2. The summed E-state index contributed by atoms with van der Waals surface area (Å²) in [4.78, 5) is 19.2. The SMILES string of the molecule is CC1CN(C)CCN1C(=O)c1cc(N)c[nH]1. The van der Waals surface area contributed by atoms with Gasteiger partial charge >= 0.3 is 0 Å². The molecule has 3 N–H and O–H groups in total. The number of piperazine rings is 1. The number of H-pyrrole nitrogens is 1. The van der Waals surface area contributed by atoms with Crippen molar-refractivity contribution >= 4 is 11.6 Å². The average molecular weight is 222 g/mol. The first-order valence-electron chi connectivity index (χ1n) is 5.51. The summed E-state index contributed by atoms with van der Waals surface area (Å²) >= 11 is 0. The van der Waals surface area contributed by atoms with Crippen LogP contribution in [0.3, 0.4) is 0 Å². The van der Waals surface area contributed by atoms with Gasteiger partial charge in [-0.3, -0.25) is 4.79 Å². The molecule has 2 rings (SSSR count). The van der Waals surface area contributed by atoms with E-state index < -0.39 is 0 Å². The van der Waals surface area contributed by atoms with Crippen LogP contribution in [0, 0.1) is 0 Å². The quantitative estimate of drug-likeness (QED) is 0.721. The minimum absolute atomic E-state index is 0.0392. The third-order valence-corrected chi connectivity index (χ3v) is 3.03. The third-order valence-electron chi connectivity index (χ3n) is 3.03. The van der Waals surface area contributed by atoms with Crippen molar-refractivity contribution in [2.45, 2.75) is 13.0 Å². The summed E-state index contributed by atoms with van der Waals surface area (Å²) in [6.45, 7) is 4.68. The summed E-state index contributed by atoms with van der Waals surface area (Å²) in [7, 11) is 2.07. The number of likely N-dealkylation sites (N-methyl/N-ethyl adjacent to an activating group) is 1. The highest BCUT2D eigenvalue weighted by atomic mass is 16.2. The summed E-state index contributed by atoms with van der Waals surface area (Å²) in [5, 5.41) is 0. The molecule has 0 aliphatic carbocycles. The van der Waals surface area contributed by atoms with Gasteiger partial charge in [0.2, 0.25) is 0 Å². The Morgan fingerprint density at radius 3 is 2.88 bits per heavy atom. The van der Waals surface area contributed by atoms with E-state index in [0.29, 0.717) is 11.4 Å². The van der Waals surface area contributed by atoms with Crippen LogP contribution in [0.1, 0.15) is 17.4 Å². The number of hydrogen-bond donors (Lipinski definition) is 2. The summed E-state index contributed by atoms with van der Waals surface area (Å²) < 4.78 is 0. The van der Waals surface area contributed by atoms with Gasteiger partial charge in [0.05, 0.1) is 0 Å². The van der Waals surface area contributed by atoms with E-state index in [9.17, 15) is 4.79 Å². The Hall–Kier alpha value is -1.49. The summed E-state index contributed by atoms with van der Waals surface area (Å²) in [5.41, 5.74) is 6.77. The van der Waals surface area contributed by atoms with Crippen molar-refractivity contribution in [3.05, 3.63) is 18.0 Å². The minimum atomic E-state index is 0.0392. The van der Waals surface area contributed by atoms with Gasteiger partial charge in [-0.2, -0.15) is 0 Å². The Morgan fingerprint density at radius 1 is 1.56 bits per heavy atom. The molecular weight excluding hydrogens is 204 g/mol. The Balaban J connectivity index is 2.10. The number of nitrogens with one attached hydrogen (secondary N) is 1. The van der Waals surface area contributed by atoms with Crippen LogP contribution in [0.15, 0.2) is 12.3 Å². The maximum absolute atomic E-state index is 12.2. The van der Waals surface area contributed by atoms with E-state index in [2.05, 4.69) is 23.9 Å². The van der Waals surface area contributed by atoms with Crippen molar-refractivity contribution < 1.29 is 4.79 Å². The molecule has 88 valence electrons. The number of nitrogens with two attached hydrogens (primary N) is 1. The standard InChI is InChI=1S/C11H18N4O/c1-8-7-14(2)3-4-15(8)11(16)10-5-9(12)6-13-10/h5-6,8,13H,3-4,7,12H2,1-2H3. The van der Waals surface area contributed by atoms with Crippen molar-refractivity contribution in [1.29, 1.82) is 0 Å². The van der Waals surface area contributed by atoms with E-state index in [1.165, 1.54) is 0 Å². The fraction of sp³-hybridized carbons (Fsp3) is 0.545. The molecule has 0 spiro atoms. The highest BCUT2D eigenvalue weighted by Crippen LogP contribution is 2.13. The number of aromatic nitrogens is 1. The van der Waals surface area contributed by atoms with Gasteiger partial charge in [0.15, 0.2) is 0 Å². The highest BCUT2D eigenvalue weighted by Gasteiger charge is 2.26. The number of anilines is 1. The van der Waals surface area contributed by atoms with E-state index in [1.54, 1.807) is 12.3 Å². The minimum Gasteiger partial charge on any atom is -0.397 e. The first kappa shape index (κ1) is 11.0. The maximum atomic E-state index is 12.2. The number of rotatable bonds is 1. The predicted octanol–water partition coefficient (Wildman–Crippen LogP) is 0.373. The smallest absolute Gasteiger partial charge is 0.270 e. The Labute approximate surface area is 95.2 Å². The Bertz CT molecular complexity index is 387. The molecular formula is C11H18N4O. The molecule has 1 fully saturated rings. The summed E-state index contributed by atoms with van der Waals surface area (Å²) in [6, 6.07) is 1.93. The van der Waals surface area contributed by atoms with Gasteiger partial charge in [-0.05, 0) is 20.0 Å². The van der Waals surface area contributed by atoms with Crippen LogP contribution in [0.25, 0.3) is 0 Å². The fourth-order valence-electron chi connectivity index (χ4n) is 2.13. The molecule has 1 unspecified atom stereocenters. The van der Waals surface area contributed by atoms with Crippen molar-refractivity contribution in [2.24, 2.45) is 0 Å². The number of carbonyl (C=O) groups is 1. The van der Waals surface area contributed by atoms with Gasteiger partial charge in [0.1, 0.15) is 5.69 Å². The molecule has 1 atom stereocenters. The molecule has 1 aromatic heterocycles. The molecule has 5 nitrogen and oxygen atoms in total. The number of amides is 1. The van der Waals surface area contributed by atoms with Crippen LogP contribution in [0.4, 0.5) is 5.69 Å². The van der Waals surface area contributed by atoms with Crippen molar-refractivity contribution in [1.82, 2.24) is 14.8 Å². The van der Waals surface area contributed by atoms with Crippen molar-refractivity contribution in [3.63, 3.8) is 0 Å². The largest absolute Gasteiger partial charge is 0.397 e. The Morgan fingerprint density at radius 2 is 2.31 bits per heavy atom. The van der Waals surface area contributed by atoms with Gasteiger partial charge < -0.3 is 20.5 Å².